The van der Waals surface area contributed by atoms with Gasteiger partial charge in [-0.2, -0.15) is 0 Å². The van der Waals surface area contributed by atoms with Gasteiger partial charge >= 0.3 is 0 Å². The number of ether oxygens (including phenoxy) is 1. The molecule has 1 aliphatic carbocycles. The fourth-order valence-corrected chi connectivity index (χ4v) is 4.31. The highest BCUT2D eigenvalue weighted by atomic mass is 16.6. The van der Waals surface area contributed by atoms with E-state index in [2.05, 4.69) is 15.3 Å². The van der Waals surface area contributed by atoms with Crippen molar-refractivity contribution < 1.29 is 24.9 Å². The van der Waals surface area contributed by atoms with Gasteiger partial charge in [0.15, 0.2) is 6.23 Å². The van der Waals surface area contributed by atoms with Crippen LogP contribution in [0.25, 0.3) is 16.6 Å². The first-order chi connectivity index (χ1) is 13.4. The molecule has 1 saturated heterocycles. The largest absolute Gasteiger partial charge is 0.394 e. The number of hydrogen-bond acceptors (Lipinski definition) is 7. The third-order valence-corrected chi connectivity index (χ3v) is 5.77. The van der Waals surface area contributed by atoms with Crippen LogP contribution in [0.15, 0.2) is 30.2 Å². The Morgan fingerprint density at radius 3 is 3.00 bits per heavy atom. The lowest BCUT2D eigenvalue weighted by Gasteiger charge is -2.27. The van der Waals surface area contributed by atoms with Gasteiger partial charge in [-0.15, -0.1) is 0 Å². The van der Waals surface area contributed by atoms with Gasteiger partial charge in [0.05, 0.1) is 12.0 Å². The number of nitrogens with one attached hydrogen (secondary N) is 1. The average Bonchev–Trinajstić information content (AvgIpc) is 3.13. The third-order valence-electron chi connectivity index (χ3n) is 5.77. The molecule has 9 heteroatoms. The molecular formula is C19H20N4O5. The molecule has 2 aliphatic heterocycles. The van der Waals surface area contributed by atoms with E-state index in [1.165, 1.54) is 13.3 Å². The molecule has 5 rings (SSSR count). The van der Waals surface area contributed by atoms with Crippen molar-refractivity contribution in [2.24, 2.45) is 0 Å². The highest BCUT2D eigenvalue weighted by molar-refractivity contribution is 6.18. The van der Waals surface area contributed by atoms with E-state index in [9.17, 15) is 20.1 Å². The molecule has 4 atom stereocenters. The fraction of sp³-hybridized carbons (Fsp3) is 0.421. The van der Waals surface area contributed by atoms with Crippen LogP contribution in [0.2, 0.25) is 0 Å². The van der Waals surface area contributed by atoms with Gasteiger partial charge < -0.3 is 29.9 Å². The summed E-state index contributed by atoms with van der Waals surface area (Å²) in [5, 5.41) is 34.2. The molecule has 3 aliphatic rings. The minimum absolute atomic E-state index is 0.214. The van der Waals surface area contributed by atoms with Crippen molar-refractivity contribution in [1.82, 2.24) is 14.5 Å². The number of amides is 1. The van der Waals surface area contributed by atoms with E-state index in [1.54, 1.807) is 10.8 Å². The van der Waals surface area contributed by atoms with Crippen LogP contribution in [0, 0.1) is 0 Å². The Bertz CT molecular complexity index is 1050. The topological polar surface area (TPSA) is 130 Å². The molecule has 0 spiro atoms. The number of aliphatic hydroxyl groups excluding tert-OH is 2. The smallest absolute Gasteiger partial charge is 0.257 e. The summed E-state index contributed by atoms with van der Waals surface area (Å²) in [5.41, 5.74) is 1.09. The lowest BCUT2D eigenvalue weighted by Crippen LogP contribution is -2.44. The van der Waals surface area contributed by atoms with E-state index in [0.29, 0.717) is 28.8 Å². The number of aliphatic hydroxyl groups is 3. The predicted octanol–water partition coefficient (Wildman–Crippen LogP) is 0.489. The molecular weight excluding hydrogens is 364 g/mol. The second kappa shape index (κ2) is 5.95. The van der Waals surface area contributed by atoms with Crippen molar-refractivity contribution in [3.63, 3.8) is 0 Å². The Balaban J connectivity index is 1.75. The molecule has 2 unspecified atom stereocenters. The Hall–Kier alpha value is -2.59. The summed E-state index contributed by atoms with van der Waals surface area (Å²) in [6, 6.07) is 0. The third kappa shape index (κ3) is 2.24. The van der Waals surface area contributed by atoms with Crippen molar-refractivity contribution in [3.05, 3.63) is 35.8 Å². The molecule has 2 aromatic rings. The van der Waals surface area contributed by atoms with Crippen molar-refractivity contribution in [2.75, 3.05) is 11.9 Å². The molecule has 0 aromatic carbocycles. The zero-order valence-corrected chi connectivity index (χ0v) is 15.2. The maximum Gasteiger partial charge on any atom is 0.257 e. The molecule has 9 nitrogen and oxygen atoms in total. The Labute approximate surface area is 160 Å². The molecule has 4 N–H and O–H groups in total. The number of carbonyl (C=O) groups excluding carboxylic acids is 1. The van der Waals surface area contributed by atoms with Crippen molar-refractivity contribution in [2.45, 2.75) is 43.8 Å². The number of hydrogen-bond donors (Lipinski definition) is 4. The standard InChI is InChI=1S/C19H20N4O5/c1-19(27)14(25)12(7-24)28-18(19)23-6-11-9-4-2-3-5-10(9)17(26)22-15-13(11)16(23)21-8-20-15/h3,5-6,8,12,14,18,24-25,27H,2,4,7H2,1H3,(H,20,21,22,26)/t12-,14-,18?,19?/m1/s1. The average molecular weight is 384 g/mol. The SMILES string of the molecule is CC1(O)C(n2cc3c4c(ncnc42)NC(=O)C2=C3CCC=C2)O[C@H](CO)[C@H]1O. The monoisotopic (exact) mass is 384 g/mol. The van der Waals surface area contributed by atoms with Crippen LogP contribution in [0.5, 0.6) is 0 Å². The minimum atomic E-state index is -1.64. The zero-order valence-electron chi connectivity index (χ0n) is 15.2. The van der Waals surface area contributed by atoms with Gasteiger partial charge in [0.25, 0.3) is 5.91 Å². The van der Waals surface area contributed by atoms with E-state index < -0.39 is 30.6 Å². The van der Waals surface area contributed by atoms with Gasteiger partial charge in [-0.25, -0.2) is 9.97 Å². The fourth-order valence-electron chi connectivity index (χ4n) is 4.31. The van der Waals surface area contributed by atoms with Crippen molar-refractivity contribution >= 4 is 28.3 Å². The normalized spacial score (nSPS) is 31.9. The molecule has 1 fully saturated rings. The molecule has 2 aromatic heterocycles. The van der Waals surface area contributed by atoms with Crippen LogP contribution in [0.3, 0.4) is 0 Å². The molecule has 4 heterocycles. The summed E-state index contributed by atoms with van der Waals surface area (Å²) in [6.45, 7) is 1.05. The summed E-state index contributed by atoms with van der Waals surface area (Å²) < 4.78 is 7.42. The van der Waals surface area contributed by atoms with Crippen LogP contribution in [0.4, 0.5) is 5.82 Å². The van der Waals surface area contributed by atoms with Gasteiger partial charge in [-0.05, 0) is 25.3 Å². The van der Waals surface area contributed by atoms with Gasteiger partial charge in [0.1, 0.15) is 35.6 Å². The van der Waals surface area contributed by atoms with Gasteiger partial charge in [-0.1, -0.05) is 12.2 Å². The van der Waals surface area contributed by atoms with Crippen molar-refractivity contribution in [3.8, 4) is 0 Å². The summed E-state index contributed by atoms with van der Waals surface area (Å²) in [7, 11) is 0. The highest BCUT2D eigenvalue weighted by Crippen LogP contribution is 2.44. The van der Waals surface area contributed by atoms with Crippen molar-refractivity contribution in [1.29, 1.82) is 0 Å². The second-order valence-corrected chi connectivity index (χ2v) is 7.54. The number of anilines is 1. The lowest BCUT2D eigenvalue weighted by molar-refractivity contribution is -0.112. The van der Waals surface area contributed by atoms with Crippen LogP contribution < -0.4 is 5.32 Å². The maximum atomic E-state index is 12.6. The summed E-state index contributed by atoms with van der Waals surface area (Å²) >= 11 is 0. The van der Waals surface area contributed by atoms with E-state index in [1.807, 2.05) is 12.2 Å². The number of nitrogens with zero attached hydrogens (tertiary/aromatic N) is 3. The number of rotatable bonds is 2. The molecule has 146 valence electrons. The van der Waals surface area contributed by atoms with Crippen LogP contribution >= 0.6 is 0 Å². The molecule has 0 bridgehead atoms. The van der Waals surface area contributed by atoms with Crippen LogP contribution in [0.1, 0.15) is 31.6 Å². The molecule has 1 amide bonds. The zero-order chi connectivity index (χ0) is 19.6. The first kappa shape index (κ1) is 17.5. The first-order valence-electron chi connectivity index (χ1n) is 9.17. The Morgan fingerprint density at radius 1 is 1.43 bits per heavy atom. The van der Waals surface area contributed by atoms with Gasteiger partial charge in [0, 0.05) is 17.3 Å². The summed E-state index contributed by atoms with van der Waals surface area (Å²) in [6.07, 6.45) is 5.25. The summed E-state index contributed by atoms with van der Waals surface area (Å²) in [5.74, 6) is 0.178. The van der Waals surface area contributed by atoms with Gasteiger partial charge in [-0.3, -0.25) is 4.79 Å². The molecule has 0 saturated carbocycles. The number of allylic oxidation sites excluding steroid dienone is 2. The highest BCUT2D eigenvalue weighted by Gasteiger charge is 2.53. The van der Waals surface area contributed by atoms with Crippen LogP contribution in [-0.2, 0) is 9.53 Å². The molecule has 28 heavy (non-hydrogen) atoms. The second-order valence-electron chi connectivity index (χ2n) is 7.54. The number of carbonyl (C=O) groups is 1. The van der Waals surface area contributed by atoms with E-state index >= 15 is 0 Å². The van der Waals surface area contributed by atoms with E-state index in [0.717, 1.165) is 17.6 Å². The Kier molecular flexibility index (Phi) is 3.72. The van der Waals surface area contributed by atoms with E-state index in [4.69, 9.17) is 4.74 Å². The molecule has 0 radical (unpaired) electrons. The summed E-state index contributed by atoms with van der Waals surface area (Å²) in [4.78, 5) is 21.2. The minimum Gasteiger partial charge on any atom is -0.394 e. The van der Waals surface area contributed by atoms with E-state index in [-0.39, 0.29) is 5.91 Å². The number of fused-ring (bicyclic) bond motifs is 1. The quantitative estimate of drug-likeness (QED) is 0.593. The Morgan fingerprint density at radius 2 is 2.25 bits per heavy atom. The van der Waals surface area contributed by atoms with Gasteiger partial charge in [0.2, 0.25) is 0 Å². The van der Waals surface area contributed by atoms with Crippen LogP contribution in [-0.4, -0.2) is 60.2 Å². The number of aromatic nitrogens is 3. The maximum absolute atomic E-state index is 12.6. The first-order valence-corrected chi connectivity index (χ1v) is 9.17. The predicted molar refractivity (Wildman–Crippen MR) is 99.1 cm³/mol. The lowest BCUT2D eigenvalue weighted by atomic mass is 9.92.